The van der Waals surface area contributed by atoms with Gasteiger partial charge in [0.05, 0.1) is 12.3 Å². The van der Waals surface area contributed by atoms with Crippen LogP contribution in [0.1, 0.15) is 18.5 Å². The number of hydrogen-bond donors (Lipinski definition) is 1. The van der Waals surface area contributed by atoms with E-state index >= 15 is 0 Å². The van der Waals surface area contributed by atoms with Crippen molar-refractivity contribution in [2.45, 2.75) is 25.3 Å². The van der Waals surface area contributed by atoms with Gasteiger partial charge in [-0.1, -0.05) is 11.3 Å². The highest BCUT2D eigenvalue weighted by atomic mass is 32.1. The van der Waals surface area contributed by atoms with Gasteiger partial charge in [0.25, 0.3) is 0 Å². The molecule has 24 heavy (non-hydrogen) atoms. The third-order valence-electron chi connectivity index (χ3n) is 4.53. The second-order valence-corrected chi connectivity index (χ2v) is 8.14. The van der Waals surface area contributed by atoms with E-state index in [1.54, 1.807) is 29.8 Å². The quantitative estimate of drug-likeness (QED) is 0.769. The van der Waals surface area contributed by atoms with Gasteiger partial charge in [0.1, 0.15) is 16.1 Å². The summed E-state index contributed by atoms with van der Waals surface area (Å²) >= 11 is 3.41. The number of thiazole rings is 1. The van der Waals surface area contributed by atoms with Gasteiger partial charge in [-0.05, 0) is 30.2 Å². The van der Waals surface area contributed by atoms with Crippen molar-refractivity contribution < 1.29 is 9.53 Å². The molecule has 0 radical (unpaired) electrons. The molecule has 1 aliphatic carbocycles. The van der Waals surface area contributed by atoms with Gasteiger partial charge in [-0.25, -0.2) is 4.98 Å². The van der Waals surface area contributed by atoms with Crippen LogP contribution >= 0.6 is 22.7 Å². The first-order valence-electron chi connectivity index (χ1n) is 8.32. The largest absolute Gasteiger partial charge is 0.383 e. The zero-order valence-corrected chi connectivity index (χ0v) is 15.3. The van der Waals surface area contributed by atoms with E-state index in [9.17, 15) is 4.79 Å². The summed E-state index contributed by atoms with van der Waals surface area (Å²) < 4.78 is 5.02. The van der Waals surface area contributed by atoms with Crippen LogP contribution in [0.25, 0.3) is 10.6 Å². The number of rotatable bonds is 7. The molecule has 5 nitrogen and oxygen atoms in total. The fourth-order valence-corrected chi connectivity index (χ4v) is 4.93. The molecule has 2 aromatic heterocycles. The zero-order valence-electron chi connectivity index (χ0n) is 13.7. The maximum Gasteiger partial charge on any atom is 0.243 e. The molecule has 0 spiro atoms. The Labute approximate surface area is 149 Å². The van der Waals surface area contributed by atoms with Crippen molar-refractivity contribution in [1.29, 1.82) is 0 Å². The number of carbonyl (C=O) groups is 1. The molecule has 1 saturated carbocycles. The van der Waals surface area contributed by atoms with E-state index in [0.717, 1.165) is 23.2 Å². The van der Waals surface area contributed by atoms with Crippen LogP contribution in [0.2, 0.25) is 0 Å². The highest BCUT2D eigenvalue weighted by Crippen LogP contribution is 2.43. The number of methoxy groups -OCH3 is 1. The van der Waals surface area contributed by atoms with E-state index in [1.807, 2.05) is 0 Å². The number of amides is 1. The first kappa shape index (κ1) is 16.1. The molecular formula is C17H21N3O2S2. The zero-order chi connectivity index (χ0) is 16.5. The molecule has 1 aliphatic heterocycles. The molecule has 1 amide bonds. The van der Waals surface area contributed by atoms with Gasteiger partial charge in [0.2, 0.25) is 5.91 Å². The van der Waals surface area contributed by atoms with Crippen LogP contribution in [0.15, 0.2) is 16.8 Å². The Morgan fingerprint density at radius 1 is 1.50 bits per heavy atom. The van der Waals surface area contributed by atoms with E-state index in [0.29, 0.717) is 19.6 Å². The van der Waals surface area contributed by atoms with Crippen LogP contribution in [0.5, 0.6) is 0 Å². The lowest BCUT2D eigenvalue weighted by molar-refractivity contribution is -0.122. The number of aromatic nitrogens is 1. The average Bonchev–Trinajstić information content (AvgIpc) is 2.99. The molecule has 2 aromatic rings. The number of anilines is 1. The molecule has 7 heteroatoms. The fraction of sp³-hybridized carbons (Fsp3) is 0.529. The highest BCUT2D eigenvalue weighted by Gasteiger charge is 2.40. The molecule has 0 bridgehead atoms. The van der Waals surface area contributed by atoms with Crippen LogP contribution in [0, 0.1) is 5.92 Å². The molecule has 3 heterocycles. The molecule has 2 aliphatic rings. The molecule has 4 rings (SSSR count). The Balaban J connectivity index is 1.53. The average molecular weight is 364 g/mol. The van der Waals surface area contributed by atoms with Gasteiger partial charge in [-0.3, -0.25) is 4.79 Å². The molecular weight excluding hydrogens is 342 g/mol. The SMILES string of the molecule is COCCNC(=O)[C@H]1Cc2nc(-c3ccsc3)sc2N1CC1CC1. The van der Waals surface area contributed by atoms with Crippen molar-refractivity contribution in [1.82, 2.24) is 10.3 Å². The first-order chi connectivity index (χ1) is 11.8. The summed E-state index contributed by atoms with van der Waals surface area (Å²) in [5, 5.41) is 9.46. The van der Waals surface area contributed by atoms with E-state index in [2.05, 4.69) is 27.0 Å². The topological polar surface area (TPSA) is 54.5 Å². The molecule has 1 N–H and O–H groups in total. The number of carbonyl (C=O) groups excluding carboxylic acids is 1. The summed E-state index contributed by atoms with van der Waals surface area (Å²) in [5.74, 6) is 0.826. The van der Waals surface area contributed by atoms with E-state index < -0.39 is 0 Å². The third kappa shape index (κ3) is 3.20. The number of ether oxygens (including phenoxy) is 1. The van der Waals surface area contributed by atoms with Crippen molar-refractivity contribution in [3.63, 3.8) is 0 Å². The van der Waals surface area contributed by atoms with Crippen molar-refractivity contribution in [3.8, 4) is 10.6 Å². The summed E-state index contributed by atoms with van der Waals surface area (Å²) in [6.07, 6.45) is 3.27. The Kier molecular flexibility index (Phi) is 4.56. The smallest absolute Gasteiger partial charge is 0.243 e. The van der Waals surface area contributed by atoms with Gasteiger partial charge < -0.3 is 15.0 Å². The summed E-state index contributed by atoms with van der Waals surface area (Å²) in [4.78, 5) is 19.7. The van der Waals surface area contributed by atoms with Gasteiger partial charge in [0, 0.05) is 37.6 Å². The number of thiophene rings is 1. The van der Waals surface area contributed by atoms with Crippen LogP contribution in [-0.2, 0) is 16.0 Å². The molecule has 0 aromatic carbocycles. The van der Waals surface area contributed by atoms with Crippen molar-refractivity contribution in [3.05, 3.63) is 22.5 Å². The molecule has 0 unspecified atom stereocenters. The maximum absolute atomic E-state index is 12.6. The Morgan fingerprint density at radius 2 is 2.38 bits per heavy atom. The van der Waals surface area contributed by atoms with Crippen molar-refractivity contribution >= 4 is 33.6 Å². The van der Waals surface area contributed by atoms with Gasteiger partial charge in [0.15, 0.2) is 0 Å². The Bertz CT molecular complexity index is 709. The summed E-state index contributed by atoms with van der Waals surface area (Å²) in [5.41, 5.74) is 2.26. The molecule has 1 fully saturated rings. The number of hydrogen-bond acceptors (Lipinski definition) is 6. The minimum atomic E-state index is -0.118. The van der Waals surface area contributed by atoms with Crippen molar-refractivity contribution in [2.24, 2.45) is 5.92 Å². The van der Waals surface area contributed by atoms with Crippen molar-refractivity contribution in [2.75, 3.05) is 31.7 Å². The van der Waals surface area contributed by atoms with E-state index in [-0.39, 0.29) is 11.9 Å². The lowest BCUT2D eigenvalue weighted by Gasteiger charge is -2.25. The van der Waals surface area contributed by atoms with Crippen LogP contribution in [-0.4, -0.2) is 43.7 Å². The standard InChI is InChI=1S/C17H21N3O2S2/c1-22-6-5-18-15(21)14-8-13-17(20(14)9-11-2-3-11)24-16(19-13)12-4-7-23-10-12/h4,7,10-11,14H,2-3,5-6,8-9H2,1H3,(H,18,21)/t14-/m1/s1. The number of nitrogens with one attached hydrogen (secondary N) is 1. The molecule has 0 saturated heterocycles. The first-order valence-corrected chi connectivity index (χ1v) is 10.1. The Hall–Kier alpha value is -1.44. The van der Waals surface area contributed by atoms with Crippen LogP contribution in [0.3, 0.4) is 0 Å². The number of nitrogens with zero attached hydrogens (tertiary/aromatic N) is 2. The fourth-order valence-electron chi connectivity index (χ4n) is 3.06. The normalized spacial score (nSPS) is 19.5. The Morgan fingerprint density at radius 3 is 3.08 bits per heavy atom. The third-order valence-corrected chi connectivity index (χ3v) is 6.40. The maximum atomic E-state index is 12.6. The molecule has 1 atom stereocenters. The van der Waals surface area contributed by atoms with Gasteiger partial charge >= 0.3 is 0 Å². The second kappa shape index (κ2) is 6.82. The predicted molar refractivity (Wildman–Crippen MR) is 97.9 cm³/mol. The number of fused-ring (bicyclic) bond motifs is 1. The summed E-state index contributed by atoms with van der Waals surface area (Å²) in [6.45, 7) is 2.08. The van der Waals surface area contributed by atoms with Gasteiger partial charge in [-0.15, -0.1) is 0 Å². The van der Waals surface area contributed by atoms with Gasteiger partial charge in [-0.2, -0.15) is 11.3 Å². The summed E-state index contributed by atoms with van der Waals surface area (Å²) in [6, 6.07) is 1.99. The second-order valence-electron chi connectivity index (χ2n) is 6.38. The van der Waals surface area contributed by atoms with E-state index in [4.69, 9.17) is 9.72 Å². The lowest BCUT2D eigenvalue weighted by Crippen LogP contribution is -2.46. The van der Waals surface area contributed by atoms with Crippen LogP contribution in [0.4, 0.5) is 5.00 Å². The van der Waals surface area contributed by atoms with Crippen LogP contribution < -0.4 is 10.2 Å². The minimum Gasteiger partial charge on any atom is -0.383 e. The molecule has 128 valence electrons. The predicted octanol–water partition coefficient (Wildman–Crippen LogP) is 2.78. The lowest BCUT2D eigenvalue weighted by atomic mass is 10.2. The highest BCUT2D eigenvalue weighted by molar-refractivity contribution is 7.19. The minimum absolute atomic E-state index is 0.0926. The van der Waals surface area contributed by atoms with E-state index in [1.165, 1.54) is 23.4 Å². The summed E-state index contributed by atoms with van der Waals surface area (Å²) in [7, 11) is 1.65. The monoisotopic (exact) mass is 363 g/mol.